The number of allylic oxidation sites excluding steroid dienone is 11. The van der Waals surface area contributed by atoms with Gasteiger partial charge in [-0.25, -0.2) is 4.57 Å². The second kappa shape index (κ2) is 44.2. The zero-order valence-electron chi connectivity index (χ0n) is 40.8. The molecule has 0 saturated carbocycles. The molecule has 0 saturated heterocycles. The van der Waals surface area contributed by atoms with Crippen LogP contribution >= 0.6 is 7.82 Å². The zero-order valence-corrected chi connectivity index (χ0v) is 41.7. The fourth-order valence-electron chi connectivity index (χ4n) is 6.84. The summed E-state index contributed by atoms with van der Waals surface area (Å²) < 4.78 is 23.6. The summed E-state index contributed by atoms with van der Waals surface area (Å²) in [6, 6.07) is -0.877. The Balaban J connectivity index is 4.40. The van der Waals surface area contributed by atoms with Gasteiger partial charge in [-0.1, -0.05) is 189 Å². The number of nitrogens with one attached hydrogen (secondary N) is 1. The maximum atomic E-state index is 12.9. The molecule has 3 unspecified atom stereocenters. The number of hydrogen-bond acceptors (Lipinski definition) is 5. The van der Waals surface area contributed by atoms with Gasteiger partial charge in [0.25, 0.3) is 0 Å². The number of phosphoric acid groups is 1. The predicted octanol–water partition coefficient (Wildman–Crippen LogP) is 14.8. The smallest absolute Gasteiger partial charge is 0.387 e. The van der Waals surface area contributed by atoms with Crippen LogP contribution in [-0.4, -0.2) is 73.4 Å². The first-order valence-corrected chi connectivity index (χ1v) is 26.8. The van der Waals surface area contributed by atoms with Gasteiger partial charge in [-0.05, 0) is 83.5 Å². The van der Waals surface area contributed by atoms with Crippen molar-refractivity contribution in [2.45, 2.75) is 219 Å². The highest BCUT2D eigenvalue weighted by Gasteiger charge is 2.27. The fourth-order valence-corrected chi connectivity index (χ4v) is 7.58. The molecule has 0 bridgehead atoms. The molecule has 0 aromatic carbocycles. The van der Waals surface area contributed by atoms with Gasteiger partial charge in [-0.15, -0.1) is 0 Å². The predicted molar refractivity (Wildman–Crippen MR) is 267 cm³/mol. The molecule has 62 heavy (non-hydrogen) atoms. The Kier molecular flexibility index (Phi) is 42.7. The number of carbonyl (C=O) groups is 1. The molecule has 0 aromatic rings. The Hall–Kier alpha value is -2.06. The number of nitrogens with zero attached hydrogens (tertiary/aromatic N) is 1. The van der Waals surface area contributed by atoms with Crippen molar-refractivity contribution in [3.63, 3.8) is 0 Å². The number of aliphatic hydroxyl groups excluding tert-OH is 1. The van der Waals surface area contributed by atoms with E-state index in [0.717, 1.165) is 64.2 Å². The number of hydrogen-bond donors (Lipinski definition) is 3. The molecule has 0 spiro atoms. The van der Waals surface area contributed by atoms with Crippen LogP contribution in [-0.2, 0) is 18.4 Å². The second-order valence-electron chi connectivity index (χ2n) is 18.2. The largest absolute Gasteiger partial charge is 0.472 e. The zero-order chi connectivity index (χ0) is 45.7. The monoisotopic (exact) mass is 890 g/mol. The molecule has 8 nitrogen and oxygen atoms in total. The lowest BCUT2D eigenvalue weighted by atomic mass is 10.1. The minimum atomic E-state index is -4.36. The summed E-state index contributed by atoms with van der Waals surface area (Å²) in [5.74, 6) is -0.201. The van der Waals surface area contributed by atoms with Crippen LogP contribution in [0.1, 0.15) is 206 Å². The Labute approximate surface area is 383 Å². The molecule has 3 N–H and O–H groups in total. The van der Waals surface area contributed by atoms with Gasteiger partial charge >= 0.3 is 7.82 Å². The van der Waals surface area contributed by atoms with Gasteiger partial charge in [0.15, 0.2) is 0 Å². The average Bonchev–Trinajstić information content (AvgIpc) is 3.23. The van der Waals surface area contributed by atoms with Crippen LogP contribution in [0.5, 0.6) is 0 Å². The van der Waals surface area contributed by atoms with Gasteiger partial charge in [-0.2, -0.15) is 0 Å². The van der Waals surface area contributed by atoms with Crippen molar-refractivity contribution in [2.24, 2.45) is 0 Å². The standard InChI is InChI=1S/C53H97N2O6P/c1-6-8-10-12-14-16-18-20-22-24-25-26-27-28-29-31-33-35-37-39-41-43-45-47-53(57)54-51(50-61-62(58,59)60-49-48-55(3,4)5)52(56)46-44-42-40-38-36-34-32-30-23-21-19-17-15-13-11-9-7-2/h18,20,23-25,27-28,30,36,38,44,46,51-52,56H,6-17,19,21-22,26,29,31-35,37,39-43,45,47-50H2,1-5H3,(H-,54,57,58,59)/p+1/b20-18-,25-24-,28-27-,30-23+,38-36+,46-44+. The molecule has 1 amide bonds. The molecular formula is C53H98N2O6P+. The van der Waals surface area contributed by atoms with Gasteiger partial charge in [0.2, 0.25) is 5.91 Å². The van der Waals surface area contributed by atoms with Crippen molar-refractivity contribution in [1.82, 2.24) is 5.32 Å². The molecule has 0 aliphatic rings. The number of aliphatic hydroxyl groups is 1. The molecular weight excluding hydrogens is 792 g/mol. The van der Waals surface area contributed by atoms with E-state index in [1.54, 1.807) is 6.08 Å². The third kappa shape index (κ3) is 45.9. The number of rotatable bonds is 45. The Morgan fingerprint density at radius 3 is 1.40 bits per heavy atom. The van der Waals surface area contributed by atoms with E-state index in [-0.39, 0.29) is 19.1 Å². The number of likely N-dealkylation sites (N-methyl/N-ethyl adjacent to an activating group) is 1. The average molecular weight is 890 g/mol. The minimum Gasteiger partial charge on any atom is -0.387 e. The van der Waals surface area contributed by atoms with E-state index in [2.05, 4.69) is 79.9 Å². The fraction of sp³-hybridized carbons (Fsp3) is 0.755. The molecule has 0 radical (unpaired) electrons. The summed E-state index contributed by atoms with van der Waals surface area (Å²) in [5, 5.41) is 13.8. The summed E-state index contributed by atoms with van der Waals surface area (Å²) in [7, 11) is 1.53. The molecule has 0 aromatic heterocycles. The first-order valence-electron chi connectivity index (χ1n) is 25.3. The maximum absolute atomic E-state index is 12.9. The number of unbranched alkanes of at least 4 members (excludes halogenated alkanes) is 22. The lowest BCUT2D eigenvalue weighted by molar-refractivity contribution is -0.870. The van der Waals surface area contributed by atoms with E-state index < -0.39 is 20.0 Å². The molecule has 9 heteroatoms. The van der Waals surface area contributed by atoms with Gasteiger partial charge < -0.3 is 19.8 Å². The minimum absolute atomic E-state index is 0.0488. The Bertz CT molecular complexity index is 1240. The van der Waals surface area contributed by atoms with Crippen LogP contribution in [0.2, 0.25) is 0 Å². The number of amides is 1. The van der Waals surface area contributed by atoms with Crippen LogP contribution < -0.4 is 5.32 Å². The lowest BCUT2D eigenvalue weighted by Gasteiger charge is -2.25. The van der Waals surface area contributed by atoms with E-state index in [4.69, 9.17) is 9.05 Å². The Morgan fingerprint density at radius 1 is 0.548 bits per heavy atom. The van der Waals surface area contributed by atoms with Gasteiger partial charge in [0.05, 0.1) is 39.9 Å². The molecule has 0 fully saturated rings. The summed E-state index contributed by atoms with van der Waals surface area (Å²) in [6.07, 6.45) is 59.8. The third-order valence-corrected chi connectivity index (χ3v) is 11.9. The SMILES string of the molecule is CCCCCCC/C=C\C/C=C\C/C=C\CCCCCCCCCCC(=O)NC(COP(=O)(O)OCC[N+](C)(C)C)C(O)/C=C/CC/C=C/CC/C=C/CCCCCCCCC. The number of phosphoric ester groups is 1. The number of carbonyl (C=O) groups excluding carboxylic acids is 1. The van der Waals surface area contributed by atoms with Crippen molar-refractivity contribution >= 4 is 13.7 Å². The first kappa shape index (κ1) is 59.9. The van der Waals surface area contributed by atoms with E-state index in [1.807, 2.05) is 27.2 Å². The molecule has 0 aliphatic heterocycles. The summed E-state index contributed by atoms with van der Waals surface area (Å²) in [5.41, 5.74) is 0. The molecule has 0 rings (SSSR count). The highest BCUT2D eigenvalue weighted by molar-refractivity contribution is 7.47. The van der Waals surface area contributed by atoms with Gasteiger partial charge in [0.1, 0.15) is 13.2 Å². The van der Waals surface area contributed by atoms with Crippen LogP contribution in [0, 0.1) is 0 Å². The van der Waals surface area contributed by atoms with Crippen LogP contribution in [0.25, 0.3) is 0 Å². The highest BCUT2D eigenvalue weighted by atomic mass is 31.2. The van der Waals surface area contributed by atoms with Gasteiger partial charge in [0, 0.05) is 6.42 Å². The van der Waals surface area contributed by atoms with Crippen LogP contribution in [0.4, 0.5) is 0 Å². The van der Waals surface area contributed by atoms with E-state index in [9.17, 15) is 19.4 Å². The van der Waals surface area contributed by atoms with Crippen LogP contribution in [0.3, 0.4) is 0 Å². The second-order valence-corrected chi connectivity index (χ2v) is 19.6. The van der Waals surface area contributed by atoms with Crippen molar-refractivity contribution in [2.75, 3.05) is 40.9 Å². The van der Waals surface area contributed by atoms with Crippen molar-refractivity contribution in [3.8, 4) is 0 Å². The van der Waals surface area contributed by atoms with Crippen molar-refractivity contribution in [3.05, 3.63) is 72.9 Å². The third-order valence-electron chi connectivity index (χ3n) is 10.9. The summed E-state index contributed by atoms with van der Waals surface area (Å²) in [4.78, 5) is 23.2. The molecule has 3 atom stereocenters. The quantitative estimate of drug-likeness (QED) is 0.0243. The summed E-state index contributed by atoms with van der Waals surface area (Å²) in [6.45, 7) is 4.75. The normalized spacial score (nSPS) is 14.8. The van der Waals surface area contributed by atoms with E-state index in [1.165, 1.54) is 122 Å². The molecule has 360 valence electrons. The topological polar surface area (TPSA) is 105 Å². The highest BCUT2D eigenvalue weighted by Crippen LogP contribution is 2.43. The first-order chi connectivity index (χ1) is 30.0. The Morgan fingerprint density at radius 2 is 0.935 bits per heavy atom. The lowest BCUT2D eigenvalue weighted by Crippen LogP contribution is -2.45. The van der Waals surface area contributed by atoms with Crippen molar-refractivity contribution in [1.29, 1.82) is 0 Å². The summed E-state index contributed by atoms with van der Waals surface area (Å²) >= 11 is 0. The van der Waals surface area contributed by atoms with E-state index in [0.29, 0.717) is 17.4 Å². The molecule has 0 aliphatic carbocycles. The molecule has 0 heterocycles. The van der Waals surface area contributed by atoms with E-state index >= 15 is 0 Å². The van der Waals surface area contributed by atoms with Crippen LogP contribution in [0.15, 0.2) is 72.9 Å². The van der Waals surface area contributed by atoms with Gasteiger partial charge in [-0.3, -0.25) is 13.8 Å². The van der Waals surface area contributed by atoms with Crippen molar-refractivity contribution < 1.29 is 32.9 Å². The maximum Gasteiger partial charge on any atom is 0.472 e. The number of quaternary nitrogens is 1.